The Hall–Kier alpha value is -1.47. The van der Waals surface area contributed by atoms with Gasteiger partial charge in [0, 0.05) is 18.1 Å². The molecule has 0 radical (unpaired) electrons. The molecule has 2 fully saturated rings. The van der Waals surface area contributed by atoms with Gasteiger partial charge in [-0.15, -0.1) is 0 Å². The van der Waals surface area contributed by atoms with Gasteiger partial charge in [-0.1, -0.05) is 36.5 Å². The number of amides is 1. The van der Waals surface area contributed by atoms with Crippen LogP contribution in [0.4, 0.5) is 0 Å². The number of carbonyl (C=O) groups excluding carboxylic acids is 1. The number of hydrogen-bond acceptors (Lipinski definition) is 4. The van der Waals surface area contributed by atoms with Crippen molar-refractivity contribution in [1.29, 1.82) is 0 Å². The molecule has 3 rings (SSSR count). The van der Waals surface area contributed by atoms with Crippen molar-refractivity contribution in [3.63, 3.8) is 0 Å². The van der Waals surface area contributed by atoms with E-state index in [9.17, 15) is 4.79 Å². The van der Waals surface area contributed by atoms with Gasteiger partial charge in [-0.25, -0.2) is 0 Å². The van der Waals surface area contributed by atoms with Crippen molar-refractivity contribution in [3.8, 4) is 0 Å². The highest BCUT2D eigenvalue weighted by molar-refractivity contribution is 7.80. The standard InChI is InChI=1S/C17H19ClN2O3S/c1-2-17(21)20-3-4-22-9-14(20)11-5-12(7-13(18)6-11)15-8-19-16(24)10-23-15/h2,5-7,14-15H,1,3-4,8-10H2,(H,19,24)/t14-,15?/m0/s1. The number of nitrogens with zero attached hydrogens (tertiary/aromatic N) is 1. The van der Waals surface area contributed by atoms with Crippen LogP contribution >= 0.6 is 23.8 Å². The van der Waals surface area contributed by atoms with Gasteiger partial charge in [0.25, 0.3) is 0 Å². The van der Waals surface area contributed by atoms with Gasteiger partial charge in [0.05, 0.1) is 25.9 Å². The van der Waals surface area contributed by atoms with Gasteiger partial charge in [-0.3, -0.25) is 4.79 Å². The minimum Gasteiger partial charge on any atom is -0.377 e. The predicted octanol–water partition coefficient (Wildman–Crippen LogP) is 2.41. The van der Waals surface area contributed by atoms with Crippen LogP contribution in [0.2, 0.25) is 5.02 Å². The molecule has 1 aromatic carbocycles. The van der Waals surface area contributed by atoms with Crippen LogP contribution in [0.1, 0.15) is 23.3 Å². The number of nitrogens with one attached hydrogen (secondary N) is 1. The summed E-state index contributed by atoms with van der Waals surface area (Å²) in [5.74, 6) is -0.106. The van der Waals surface area contributed by atoms with E-state index < -0.39 is 0 Å². The summed E-state index contributed by atoms with van der Waals surface area (Å²) < 4.78 is 11.3. The third kappa shape index (κ3) is 3.78. The molecule has 0 aliphatic carbocycles. The number of benzene rings is 1. The Labute approximate surface area is 151 Å². The number of hydrogen-bond donors (Lipinski definition) is 1. The highest BCUT2D eigenvalue weighted by Gasteiger charge is 2.29. The van der Waals surface area contributed by atoms with Crippen LogP contribution in [0, 0.1) is 0 Å². The van der Waals surface area contributed by atoms with Gasteiger partial charge in [0.15, 0.2) is 0 Å². The average molecular weight is 367 g/mol. The highest BCUT2D eigenvalue weighted by atomic mass is 35.5. The second kappa shape index (κ2) is 7.61. The zero-order chi connectivity index (χ0) is 17.1. The normalized spacial score (nSPS) is 24.4. The summed E-state index contributed by atoms with van der Waals surface area (Å²) in [4.78, 5) is 14.6. The third-order valence-electron chi connectivity index (χ3n) is 4.19. The smallest absolute Gasteiger partial charge is 0.246 e. The second-order valence-electron chi connectivity index (χ2n) is 5.75. The van der Waals surface area contributed by atoms with Crippen molar-refractivity contribution < 1.29 is 14.3 Å². The predicted molar refractivity (Wildman–Crippen MR) is 96.2 cm³/mol. The van der Waals surface area contributed by atoms with E-state index in [2.05, 4.69) is 11.9 Å². The quantitative estimate of drug-likeness (QED) is 0.657. The van der Waals surface area contributed by atoms with E-state index in [0.717, 1.165) is 11.1 Å². The van der Waals surface area contributed by atoms with Gasteiger partial charge in [-0.2, -0.15) is 0 Å². The maximum atomic E-state index is 12.1. The van der Waals surface area contributed by atoms with Crippen LogP contribution in [-0.4, -0.2) is 48.7 Å². The Morgan fingerprint density at radius 1 is 1.42 bits per heavy atom. The molecule has 2 heterocycles. The summed E-state index contributed by atoms with van der Waals surface area (Å²) in [5.41, 5.74) is 1.90. The van der Waals surface area contributed by atoms with Gasteiger partial charge < -0.3 is 19.7 Å². The van der Waals surface area contributed by atoms with Gasteiger partial charge in [-0.05, 0) is 29.3 Å². The molecule has 1 N–H and O–H groups in total. The van der Waals surface area contributed by atoms with Crippen LogP contribution in [0.3, 0.4) is 0 Å². The van der Waals surface area contributed by atoms with Crippen molar-refractivity contribution in [2.45, 2.75) is 12.1 Å². The molecule has 0 bridgehead atoms. The molecule has 2 aliphatic rings. The monoisotopic (exact) mass is 366 g/mol. The molecule has 2 saturated heterocycles. The van der Waals surface area contributed by atoms with Crippen molar-refractivity contribution in [3.05, 3.63) is 47.0 Å². The topological polar surface area (TPSA) is 50.8 Å². The van der Waals surface area contributed by atoms with Crippen LogP contribution in [0.5, 0.6) is 0 Å². The van der Waals surface area contributed by atoms with Crippen LogP contribution < -0.4 is 5.32 Å². The summed E-state index contributed by atoms with van der Waals surface area (Å²) in [6.07, 6.45) is 1.21. The fourth-order valence-electron chi connectivity index (χ4n) is 2.98. The zero-order valence-electron chi connectivity index (χ0n) is 13.2. The Kier molecular flexibility index (Phi) is 5.50. The summed E-state index contributed by atoms with van der Waals surface area (Å²) in [5, 5.41) is 3.75. The molecule has 1 aromatic rings. The lowest BCUT2D eigenvalue weighted by Gasteiger charge is -2.36. The first-order valence-electron chi connectivity index (χ1n) is 7.78. The van der Waals surface area contributed by atoms with E-state index >= 15 is 0 Å². The lowest BCUT2D eigenvalue weighted by atomic mass is 9.99. The van der Waals surface area contributed by atoms with E-state index in [1.54, 1.807) is 4.90 Å². The van der Waals surface area contributed by atoms with Crippen molar-refractivity contribution >= 4 is 34.7 Å². The number of halogens is 1. The number of rotatable bonds is 3. The lowest BCUT2D eigenvalue weighted by Crippen LogP contribution is -2.42. The average Bonchev–Trinajstić information content (AvgIpc) is 2.61. The zero-order valence-corrected chi connectivity index (χ0v) is 14.7. The number of ether oxygens (including phenoxy) is 2. The second-order valence-corrected chi connectivity index (χ2v) is 6.68. The van der Waals surface area contributed by atoms with Crippen molar-refractivity contribution in [1.82, 2.24) is 10.2 Å². The number of carbonyl (C=O) groups is 1. The minimum atomic E-state index is -0.181. The maximum absolute atomic E-state index is 12.1. The summed E-state index contributed by atoms with van der Waals surface area (Å²) in [6, 6.07) is 5.60. The van der Waals surface area contributed by atoms with Crippen molar-refractivity contribution in [2.24, 2.45) is 0 Å². The molecule has 2 atom stereocenters. The van der Waals surface area contributed by atoms with Crippen molar-refractivity contribution in [2.75, 3.05) is 32.9 Å². The SMILES string of the molecule is C=CC(=O)N1CCOC[C@H]1c1cc(Cl)cc(C2CNC(=S)CO2)c1. The van der Waals surface area contributed by atoms with Crippen LogP contribution in [0.25, 0.3) is 0 Å². The summed E-state index contributed by atoms with van der Waals surface area (Å²) in [7, 11) is 0. The molecular weight excluding hydrogens is 348 g/mol. The van der Waals surface area contributed by atoms with Gasteiger partial charge in [0.1, 0.15) is 11.1 Å². The van der Waals surface area contributed by atoms with E-state index in [0.29, 0.717) is 42.9 Å². The minimum absolute atomic E-state index is 0.106. The molecule has 0 aromatic heterocycles. The number of morpholine rings is 2. The van der Waals surface area contributed by atoms with E-state index in [4.69, 9.17) is 33.3 Å². The molecule has 1 unspecified atom stereocenters. The molecule has 24 heavy (non-hydrogen) atoms. The molecule has 2 aliphatic heterocycles. The third-order valence-corrected chi connectivity index (χ3v) is 4.67. The summed E-state index contributed by atoms with van der Waals surface area (Å²) >= 11 is 11.4. The first-order chi connectivity index (χ1) is 11.6. The molecule has 0 saturated carbocycles. The highest BCUT2D eigenvalue weighted by Crippen LogP contribution is 2.31. The molecule has 5 nitrogen and oxygen atoms in total. The Balaban J connectivity index is 1.88. The van der Waals surface area contributed by atoms with Crippen LogP contribution in [0.15, 0.2) is 30.9 Å². The molecule has 7 heteroatoms. The van der Waals surface area contributed by atoms with E-state index in [1.807, 2.05) is 18.2 Å². The van der Waals surface area contributed by atoms with E-state index in [-0.39, 0.29) is 18.1 Å². The Bertz CT molecular complexity index is 657. The van der Waals surface area contributed by atoms with Gasteiger partial charge >= 0.3 is 0 Å². The Morgan fingerprint density at radius 3 is 2.92 bits per heavy atom. The Morgan fingerprint density at radius 2 is 2.21 bits per heavy atom. The fraction of sp³-hybridized carbons (Fsp3) is 0.412. The molecular formula is C17H19ClN2O3S. The van der Waals surface area contributed by atoms with Crippen LogP contribution in [-0.2, 0) is 14.3 Å². The number of thiocarbonyl (C=S) groups is 1. The van der Waals surface area contributed by atoms with Gasteiger partial charge in [0.2, 0.25) is 5.91 Å². The molecule has 0 spiro atoms. The van der Waals surface area contributed by atoms with E-state index in [1.165, 1.54) is 6.08 Å². The first kappa shape index (κ1) is 17.4. The fourth-order valence-corrected chi connectivity index (χ4v) is 3.39. The maximum Gasteiger partial charge on any atom is 0.246 e. The summed E-state index contributed by atoms with van der Waals surface area (Å²) in [6.45, 7) is 6.08. The first-order valence-corrected chi connectivity index (χ1v) is 8.56. The molecule has 1 amide bonds. The lowest BCUT2D eigenvalue weighted by molar-refractivity contribution is -0.134. The molecule has 128 valence electrons. The largest absolute Gasteiger partial charge is 0.377 e.